The number of rotatable bonds is 7. The molecule has 1 aromatic heterocycles. The first-order chi connectivity index (χ1) is 14.5. The Morgan fingerprint density at radius 2 is 1.65 bits per heavy atom. The summed E-state index contributed by atoms with van der Waals surface area (Å²) in [5.41, 5.74) is 2.04. The van der Waals surface area contributed by atoms with Crippen molar-refractivity contribution in [2.24, 2.45) is 0 Å². The molecule has 3 rings (SSSR count). The molecule has 1 heterocycles. The number of benzene rings is 2. The predicted octanol–water partition coefficient (Wildman–Crippen LogP) is 5.74. The maximum Gasteiger partial charge on any atom is 0.417 e. The molecule has 0 amide bonds. The molecule has 0 saturated carbocycles. The number of aryl methyl sites for hydroxylation is 2. The van der Waals surface area contributed by atoms with Gasteiger partial charge in [0.25, 0.3) is 0 Å². The van der Waals surface area contributed by atoms with E-state index in [1.54, 1.807) is 19.1 Å². The summed E-state index contributed by atoms with van der Waals surface area (Å²) in [7, 11) is 0. The largest absolute Gasteiger partial charge is 0.417 e. The molecule has 0 unspecified atom stereocenters. The van der Waals surface area contributed by atoms with Gasteiger partial charge >= 0.3 is 6.18 Å². The van der Waals surface area contributed by atoms with Crippen LogP contribution in [0.5, 0.6) is 0 Å². The highest BCUT2D eigenvalue weighted by atomic mass is 35.5. The molecular weight excluding hydrogens is 431 g/mol. The highest BCUT2D eigenvalue weighted by Crippen LogP contribution is 2.35. The van der Waals surface area contributed by atoms with Crippen LogP contribution < -0.4 is 0 Å². The summed E-state index contributed by atoms with van der Waals surface area (Å²) >= 11 is 5.63. The highest BCUT2D eigenvalue weighted by molar-refractivity contribution is 6.31. The first kappa shape index (κ1) is 22.7. The lowest BCUT2D eigenvalue weighted by atomic mass is 9.95. The van der Waals surface area contributed by atoms with E-state index in [0.29, 0.717) is 16.9 Å². The Morgan fingerprint density at radius 3 is 2.26 bits per heavy atom. The van der Waals surface area contributed by atoms with E-state index in [2.05, 4.69) is 5.16 Å². The molecule has 0 fully saturated rings. The summed E-state index contributed by atoms with van der Waals surface area (Å²) in [6.07, 6.45) is -3.19. The Balaban J connectivity index is 1.72. The average molecular weight is 450 g/mol. The van der Waals surface area contributed by atoms with Gasteiger partial charge in [0.15, 0.2) is 5.78 Å². The molecule has 8 heteroatoms. The van der Waals surface area contributed by atoms with Crippen LogP contribution in [0.4, 0.5) is 13.2 Å². The third-order valence-corrected chi connectivity index (χ3v) is 5.28. The fraction of sp³-hybridized carbons (Fsp3) is 0.261. The third kappa shape index (κ3) is 5.61. The van der Waals surface area contributed by atoms with Gasteiger partial charge in [-0.1, -0.05) is 41.0 Å². The van der Waals surface area contributed by atoms with Crippen molar-refractivity contribution < 1.29 is 27.3 Å². The molecule has 162 valence electrons. The van der Waals surface area contributed by atoms with Gasteiger partial charge in [0, 0.05) is 19.3 Å². The summed E-state index contributed by atoms with van der Waals surface area (Å²) in [6, 6.07) is 8.83. The number of hydrogen-bond acceptors (Lipinski definition) is 4. The third-order valence-electron chi connectivity index (χ3n) is 4.95. The molecule has 0 saturated heterocycles. The van der Waals surface area contributed by atoms with Crippen LogP contribution in [0.1, 0.15) is 43.9 Å². The fourth-order valence-electron chi connectivity index (χ4n) is 3.28. The van der Waals surface area contributed by atoms with Gasteiger partial charge in [0.2, 0.25) is 0 Å². The molecular formula is C23H19ClF3NO3. The topological polar surface area (TPSA) is 60.2 Å². The van der Waals surface area contributed by atoms with Gasteiger partial charge in [0.1, 0.15) is 11.5 Å². The lowest BCUT2D eigenvalue weighted by molar-refractivity contribution is -0.137. The first-order valence-corrected chi connectivity index (χ1v) is 9.82. The van der Waals surface area contributed by atoms with Crippen LogP contribution in [0.3, 0.4) is 0 Å². The van der Waals surface area contributed by atoms with E-state index < -0.39 is 16.8 Å². The Morgan fingerprint density at radius 1 is 1.00 bits per heavy atom. The number of hydrogen-bond donors (Lipinski definition) is 0. The van der Waals surface area contributed by atoms with E-state index in [0.717, 1.165) is 23.3 Å². The highest BCUT2D eigenvalue weighted by Gasteiger charge is 2.33. The van der Waals surface area contributed by atoms with Crippen LogP contribution in [0, 0.1) is 13.8 Å². The van der Waals surface area contributed by atoms with Crippen molar-refractivity contribution in [3.05, 3.63) is 86.8 Å². The molecule has 0 aliphatic heterocycles. The zero-order valence-corrected chi connectivity index (χ0v) is 17.6. The molecule has 2 aromatic carbocycles. The van der Waals surface area contributed by atoms with E-state index in [1.807, 2.05) is 13.0 Å². The summed E-state index contributed by atoms with van der Waals surface area (Å²) < 4.78 is 44.0. The zero-order valence-electron chi connectivity index (χ0n) is 16.8. The van der Waals surface area contributed by atoms with E-state index in [-0.39, 0.29) is 36.4 Å². The second-order valence-electron chi connectivity index (χ2n) is 7.36. The monoisotopic (exact) mass is 449 g/mol. The molecule has 0 radical (unpaired) electrons. The zero-order chi connectivity index (χ0) is 22.8. The number of nitrogens with zero attached hydrogens (tertiary/aromatic N) is 1. The predicted molar refractivity (Wildman–Crippen MR) is 109 cm³/mol. The molecule has 3 aromatic rings. The van der Waals surface area contributed by atoms with Gasteiger partial charge in [-0.15, -0.1) is 0 Å². The number of Topliss-reactive ketones (excluding diaryl/α,β-unsaturated/α-hetero) is 2. The second-order valence-corrected chi connectivity index (χ2v) is 7.77. The first-order valence-electron chi connectivity index (χ1n) is 9.45. The van der Waals surface area contributed by atoms with E-state index in [9.17, 15) is 22.8 Å². The van der Waals surface area contributed by atoms with Crippen molar-refractivity contribution in [3.63, 3.8) is 0 Å². The van der Waals surface area contributed by atoms with Gasteiger partial charge in [-0.3, -0.25) is 9.59 Å². The lowest BCUT2D eigenvalue weighted by Gasteiger charge is -2.11. The van der Waals surface area contributed by atoms with E-state index in [1.165, 1.54) is 12.3 Å². The maximum atomic E-state index is 13.0. The van der Waals surface area contributed by atoms with Crippen LogP contribution in [0.25, 0.3) is 0 Å². The molecule has 0 N–H and O–H groups in total. The Kier molecular flexibility index (Phi) is 6.65. The van der Waals surface area contributed by atoms with E-state index >= 15 is 0 Å². The normalized spacial score (nSPS) is 11.5. The Hall–Kier alpha value is -2.93. The summed E-state index contributed by atoms with van der Waals surface area (Å²) in [5.74, 6) is 0.0489. The number of ketones is 2. The molecule has 31 heavy (non-hydrogen) atoms. The van der Waals surface area contributed by atoms with Crippen LogP contribution >= 0.6 is 11.6 Å². The minimum atomic E-state index is -4.59. The van der Waals surface area contributed by atoms with Crippen molar-refractivity contribution >= 4 is 23.2 Å². The second kappa shape index (κ2) is 9.06. The average Bonchev–Trinajstić information content (AvgIpc) is 3.11. The smallest absolute Gasteiger partial charge is 0.361 e. The molecule has 0 bridgehead atoms. The van der Waals surface area contributed by atoms with Crippen molar-refractivity contribution in [2.45, 2.75) is 39.3 Å². The number of halogens is 4. The molecule has 4 nitrogen and oxygen atoms in total. The maximum absolute atomic E-state index is 13.0. The van der Waals surface area contributed by atoms with Crippen LogP contribution in [-0.2, 0) is 30.2 Å². The summed E-state index contributed by atoms with van der Waals surface area (Å²) in [5, 5.41) is 3.21. The van der Waals surface area contributed by atoms with Crippen LogP contribution in [-0.4, -0.2) is 16.7 Å². The van der Waals surface area contributed by atoms with Crippen molar-refractivity contribution in [2.75, 3.05) is 0 Å². The number of alkyl halides is 3. The summed E-state index contributed by atoms with van der Waals surface area (Å²) in [6.45, 7) is 3.52. The Labute approximate surface area is 182 Å². The molecule has 0 aliphatic carbocycles. The Bertz CT molecular complexity index is 1140. The molecule has 0 spiro atoms. The molecule has 0 atom stereocenters. The van der Waals surface area contributed by atoms with Gasteiger partial charge in [0.05, 0.1) is 22.3 Å². The van der Waals surface area contributed by atoms with Crippen LogP contribution in [0.2, 0.25) is 5.02 Å². The van der Waals surface area contributed by atoms with Crippen molar-refractivity contribution in [1.29, 1.82) is 0 Å². The van der Waals surface area contributed by atoms with Gasteiger partial charge in [-0.25, -0.2) is 0 Å². The van der Waals surface area contributed by atoms with Gasteiger partial charge in [-0.05, 0) is 48.2 Å². The number of aromatic nitrogens is 1. The van der Waals surface area contributed by atoms with Gasteiger partial charge < -0.3 is 4.52 Å². The SMILES string of the molecule is Cc1ccc(CC(=O)Cc2ccc(Cl)c(C(F)(F)F)c2)cc1CC(=O)c1cnoc1C. The molecule has 0 aliphatic rings. The van der Waals surface area contributed by atoms with Crippen molar-refractivity contribution in [1.82, 2.24) is 5.16 Å². The number of carbonyl (C=O) groups is 2. The standard InChI is InChI=1S/C23H19ClF3NO3/c1-13-3-4-15(7-17(13)11-22(30)19-12-28-31-14(19)2)8-18(29)9-16-5-6-21(24)20(10-16)23(25,26)27/h3-7,10,12H,8-9,11H2,1-2H3. The van der Waals surface area contributed by atoms with E-state index in [4.69, 9.17) is 16.1 Å². The lowest BCUT2D eigenvalue weighted by Crippen LogP contribution is -2.11. The van der Waals surface area contributed by atoms with Crippen molar-refractivity contribution in [3.8, 4) is 0 Å². The minimum absolute atomic E-state index is 0.0394. The fourth-order valence-corrected chi connectivity index (χ4v) is 3.50. The quantitative estimate of drug-likeness (QED) is 0.431. The minimum Gasteiger partial charge on any atom is -0.361 e. The van der Waals surface area contributed by atoms with Gasteiger partial charge in [-0.2, -0.15) is 13.2 Å². The number of carbonyl (C=O) groups excluding carboxylic acids is 2. The van der Waals surface area contributed by atoms with Crippen LogP contribution in [0.15, 0.2) is 47.1 Å². The summed E-state index contributed by atoms with van der Waals surface area (Å²) in [4.78, 5) is 25.0.